The van der Waals surface area contributed by atoms with Gasteiger partial charge in [-0.15, -0.1) is 0 Å². The number of phenolic OH excluding ortho intramolecular Hbond substituents is 1. The molecule has 3 N–H and O–H groups in total. The number of fused-ring (bicyclic) bond motifs is 3. The van der Waals surface area contributed by atoms with Crippen LogP contribution in [0.15, 0.2) is 24.3 Å². The zero-order chi connectivity index (χ0) is 27.0. The summed E-state index contributed by atoms with van der Waals surface area (Å²) in [5.74, 6) is -1.21. The van der Waals surface area contributed by atoms with E-state index in [1.807, 2.05) is 0 Å². The number of esters is 1. The van der Waals surface area contributed by atoms with E-state index in [9.17, 15) is 19.8 Å². The molecule has 0 radical (unpaired) electrons. The molecule has 12 heteroatoms. The third kappa shape index (κ3) is 4.29. The van der Waals surface area contributed by atoms with Gasteiger partial charge in [0.15, 0.2) is 23.0 Å². The van der Waals surface area contributed by atoms with Gasteiger partial charge in [-0.05, 0) is 41.0 Å². The maximum absolute atomic E-state index is 13.2. The van der Waals surface area contributed by atoms with Crippen molar-refractivity contribution in [1.82, 2.24) is 4.90 Å². The number of aromatic hydroxyl groups is 1. The minimum absolute atomic E-state index is 0.0107. The van der Waals surface area contributed by atoms with Crippen molar-refractivity contribution in [1.29, 1.82) is 0 Å². The van der Waals surface area contributed by atoms with Crippen LogP contribution in [0.3, 0.4) is 0 Å². The monoisotopic (exact) mass is 531 g/mol. The number of benzene rings is 2. The van der Waals surface area contributed by atoms with Crippen LogP contribution in [0.5, 0.6) is 28.7 Å². The second-order valence-corrected chi connectivity index (χ2v) is 9.16. The molecule has 1 saturated heterocycles. The Morgan fingerprint density at radius 3 is 2.29 bits per heavy atom. The molecule has 204 valence electrons. The number of ether oxygens (including phenoxy) is 6. The topological polar surface area (TPSA) is 153 Å². The van der Waals surface area contributed by atoms with E-state index < -0.39 is 35.9 Å². The van der Waals surface area contributed by atoms with Crippen LogP contribution in [-0.2, 0) is 14.3 Å². The van der Waals surface area contributed by atoms with Crippen LogP contribution in [0.2, 0.25) is 0 Å². The molecule has 0 bridgehead atoms. The quantitative estimate of drug-likeness (QED) is 0.322. The zero-order valence-corrected chi connectivity index (χ0v) is 20.9. The highest BCUT2D eigenvalue weighted by Crippen LogP contribution is 2.56. The molecule has 12 nitrogen and oxygen atoms in total. The van der Waals surface area contributed by atoms with E-state index in [0.29, 0.717) is 28.2 Å². The van der Waals surface area contributed by atoms with E-state index >= 15 is 0 Å². The predicted molar refractivity (Wildman–Crippen MR) is 129 cm³/mol. The largest absolute Gasteiger partial charge is 0.502 e. The number of rotatable bonds is 9. The van der Waals surface area contributed by atoms with Crippen LogP contribution < -0.4 is 18.9 Å². The summed E-state index contributed by atoms with van der Waals surface area (Å²) in [6.07, 6.45) is -1.18. The van der Waals surface area contributed by atoms with E-state index in [-0.39, 0.29) is 57.0 Å². The van der Waals surface area contributed by atoms with Crippen molar-refractivity contribution >= 4 is 12.1 Å². The third-order valence-electron chi connectivity index (χ3n) is 7.30. The van der Waals surface area contributed by atoms with Crippen molar-refractivity contribution in [2.24, 2.45) is 11.8 Å². The fourth-order valence-electron chi connectivity index (χ4n) is 5.71. The van der Waals surface area contributed by atoms with Crippen LogP contribution in [-0.4, -0.2) is 86.3 Å². The molecular formula is C26H29NO11. The second-order valence-electron chi connectivity index (χ2n) is 9.16. The van der Waals surface area contributed by atoms with Gasteiger partial charge < -0.3 is 43.7 Å². The summed E-state index contributed by atoms with van der Waals surface area (Å²) in [4.78, 5) is 27.0. The first kappa shape index (κ1) is 25.7. The standard InChI is InChI=1S/C26H29NO11/c1-33-19-7-13(8-20(34-2)24(19)29)21-14-9-17-18(38-12-37-17)10-15(14)23(16-11-36-25(30)22(16)21)27(26(31)32)3-5-35-6-4-28/h7-10,16,21-23,28-29H,3-6,11-12H2,1-2H3,(H,31,32)/t16-,21+,22+,23+/m0/s1. The van der Waals surface area contributed by atoms with E-state index in [1.54, 1.807) is 24.3 Å². The summed E-state index contributed by atoms with van der Waals surface area (Å²) in [6.45, 7) is -0.0000961. The van der Waals surface area contributed by atoms with Gasteiger partial charge in [0.1, 0.15) is 0 Å². The molecule has 0 spiro atoms. The first-order chi connectivity index (χ1) is 18.4. The number of cyclic esters (lactones) is 1. The Morgan fingerprint density at radius 1 is 1.03 bits per heavy atom. The van der Waals surface area contributed by atoms with Crippen molar-refractivity contribution in [2.75, 3.05) is 54.0 Å². The van der Waals surface area contributed by atoms with Gasteiger partial charge in [-0.25, -0.2) is 4.79 Å². The number of aliphatic hydroxyl groups excluding tert-OH is 1. The fraction of sp³-hybridized carbons (Fsp3) is 0.462. The van der Waals surface area contributed by atoms with Crippen molar-refractivity contribution in [3.63, 3.8) is 0 Å². The molecule has 2 heterocycles. The van der Waals surface area contributed by atoms with Crippen molar-refractivity contribution in [3.8, 4) is 28.7 Å². The smallest absolute Gasteiger partial charge is 0.407 e. The molecule has 0 unspecified atom stereocenters. The minimum Gasteiger partial charge on any atom is -0.502 e. The first-order valence-electron chi connectivity index (χ1n) is 12.1. The molecular weight excluding hydrogens is 502 g/mol. The molecule has 2 aromatic carbocycles. The van der Waals surface area contributed by atoms with E-state index in [4.69, 9.17) is 33.5 Å². The van der Waals surface area contributed by atoms with E-state index in [2.05, 4.69) is 0 Å². The third-order valence-corrected chi connectivity index (χ3v) is 7.30. The molecule has 2 aliphatic heterocycles. The lowest BCUT2D eigenvalue weighted by Crippen LogP contribution is -2.46. The number of phenols is 1. The molecule has 1 aliphatic carbocycles. The van der Waals surface area contributed by atoms with E-state index in [1.165, 1.54) is 19.1 Å². The van der Waals surface area contributed by atoms with Crippen LogP contribution in [0.4, 0.5) is 4.79 Å². The maximum atomic E-state index is 13.2. The van der Waals surface area contributed by atoms with Gasteiger partial charge in [0.2, 0.25) is 12.5 Å². The van der Waals surface area contributed by atoms with E-state index in [0.717, 1.165) is 0 Å². The normalized spacial score (nSPS) is 22.9. The number of carboxylic acid groups (broad SMARTS) is 1. The van der Waals surface area contributed by atoms with Crippen molar-refractivity contribution in [3.05, 3.63) is 41.0 Å². The van der Waals surface area contributed by atoms with Crippen molar-refractivity contribution in [2.45, 2.75) is 12.0 Å². The molecule has 1 amide bonds. The van der Waals surface area contributed by atoms with Crippen LogP contribution >= 0.6 is 0 Å². The highest BCUT2D eigenvalue weighted by atomic mass is 16.7. The summed E-state index contributed by atoms with van der Waals surface area (Å²) in [7, 11) is 2.83. The summed E-state index contributed by atoms with van der Waals surface area (Å²) in [5, 5.41) is 29.7. The summed E-state index contributed by atoms with van der Waals surface area (Å²) >= 11 is 0. The Labute approximate surface area is 218 Å². The lowest BCUT2D eigenvalue weighted by Gasteiger charge is -2.43. The lowest BCUT2D eigenvalue weighted by molar-refractivity contribution is -0.141. The molecule has 2 aromatic rings. The molecule has 0 saturated carbocycles. The number of hydrogen-bond donors (Lipinski definition) is 3. The van der Waals surface area contributed by atoms with Crippen LogP contribution in [0.1, 0.15) is 28.7 Å². The van der Waals surface area contributed by atoms with Gasteiger partial charge in [0.05, 0.1) is 52.6 Å². The molecule has 5 rings (SSSR count). The van der Waals surface area contributed by atoms with Crippen LogP contribution in [0, 0.1) is 11.8 Å². The summed E-state index contributed by atoms with van der Waals surface area (Å²) < 4.78 is 32.9. The number of amides is 1. The number of nitrogens with zero attached hydrogens (tertiary/aromatic N) is 1. The molecule has 3 aliphatic rings. The SMILES string of the molecule is COc1cc([C@@H]2c3cc4c(cc3[C@@H](N(CCOCCO)C(=O)O)[C@H]3COC(=O)[C@@H]23)OCO4)cc(OC)c1O. The Morgan fingerprint density at radius 2 is 1.68 bits per heavy atom. The van der Waals surface area contributed by atoms with Gasteiger partial charge in [-0.1, -0.05) is 0 Å². The number of aliphatic hydroxyl groups is 1. The predicted octanol–water partition coefficient (Wildman–Crippen LogP) is 2.10. The Bertz CT molecular complexity index is 1210. The van der Waals surface area contributed by atoms with Gasteiger partial charge in [0.25, 0.3) is 0 Å². The second kappa shape index (κ2) is 10.5. The summed E-state index contributed by atoms with van der Waals surface area (Å²) in [6, 6.07) is 6.05. The highest BCUT2D eigenvalue weighted by molar-refractivity contribution is 5.79. The average Bonchev–Trinajstić information content (AvgIpc) is 3.53. The van der Waals surface area contributed by atoms with Crippen molar-refractivity contribution < 1.29 is 53.3 Å². The Hall–Kier alpha value is -3.90. The fourth-order valence-corrected chi connectivity index (χ4v) is 5.71. The minimum atomic E-state index is -1.18. The molecule has 38 heavy (non-hydrogen) atoms. The molecule has 1 fully saturated rings. The zero-order valence-electron chi connectivity index (χ0n) is 20.9. The van der Waals surface area contributed by atoms with Gasteiger partial charge in [-0.3, -0.25) is 9.69 Å². The maximum Gasteiger partial charge on any atom is 0.407 e. The number of methoxy groups -OCH3 is 2. The Balaban J connectivity index is 1.69. The summed E-state index contributed by atoms with van der Waals surface area (Å²) in [5.41, 5.74) is 1.93. The molecule has 4 atom stereocenters. The first-order valence-corrected chi connectivity index (χ1v) is 12.1. The Kier molecular flexibility index (Phi) is 7.09. The van der Waals surface area contributed by atoms with Gasteiger partial charge in [-0.2, -0.15) is 0 Å². The molecule has 0 aromatic heterocycles. The van der Waals surface area contributed by atoms with Gasteiger partial charge in [0, 0.05) is 18.4 Å². The number of hydrogen-bond acceptors (Lipinski definition) is 10. The van der Waals surface area contributed by atoms with Gasteiger partial charge >= 0.3 is 12.1 Å². The van der Waals surface area contributed by atoms with Crippen LogP contribution in [0.25, 0.3) is 0 Å². The lowest BCUT2D eigenvalue weighted by atomic mass is 9.65. The number of carbonyl (C=O) groups excluding carboxylic acids is 1. The number of carbonyl (C=O) groups is 2. The average molecular weight is 532 g/mol. The highest BCUT2D eigenvalue weighted by Gasteiger charge is 2.54.